The molecule has 1 N–H and O–H groups in total. The third-order valence-corrected chi connectivity index (χ3v) is 3.67. The molecule has 0 unspecified atom stereocenters. The molecule has 1 aromatic carbocycles. The van der Waals surface area contributed by atoms with E-state index >= 15 is 0 Å². The molecular formula is C17H23NO3. The van der Waals surface area contributed by atoms with Gasteiger partial charge in [-0.1, -0.05) is 6.07 Å². The lowest BCUT2D eigenvalue weighted by atomic mass is 10.1. The SMILES string of the molecule is Cc1cc(/C=C/C(=O)O)ccc1N(C)CCOCC1CC1. The van der Waals surface area contributed by atoms with Gasteiger partial charge in [-0.15, -0.1) is 0 Å². The van der Waals surface area contributed by atoms with Gasteiger partial charge in [0.25, 0.3) is 0 Å². The fourth-order valence-electron chi connectivity index (χ4n) is 2.23. The lowest BCUT2D eigenvalue weighted by molar-refractivity contribution is -0.131. The first kappa shape index (κ1) is 15.6. The van der Waals surface area contributed by atoms with Crippen molar-refractivity contribution in [2.75, 3.05) is 31.7 Å². The molecule has 0 saturated heterocycles. The van der Waals surface area contributed by atoms with Crippen LogP contribution in [0.3, 0.4) is 0 Å². The first-order valence-electron chi connectivity index (χ1n) is 7.37. The van der Waals surface area contributed by atoms with Gasteiger partial charge >= 0.3 is 5.97 Å². The van der Waals surface area contributed by atoms with Crippen molar-refractivity contribution >= 4 is 17.7 Å². The number of aryl methyl sites for hydroxylation is 1. The summed E-state index contributed by atoms with van der Waals surface area (Å²) in [6, 6.07) is 5.96. The van der Waals surface area contributed by atoms with Crippen LogP contribution in [0.1, 0.15) is 24.0 Å². The fraction of sp³-hybridized carbons (Fsp3) is 0.471. The maximum absolute atomic E-state index is 10.5. The normalized spacial score (nSPS) is 14.6. The second kappa shape index (κ2) is 7.27. The molecule has 1 aliphatic carbocycles. The van der Waals surface area contributed by atoms with Gasteiger partial charge in [-0.05, 0) is 55.0 Å². The third-order valence-electron chi connectivity index (χ3n) is 3.67. The van der Waals surface area contributed by atoms with Crippen molar-refractivity contribution in [3.05, 3.63) is 35.4 Å². The fourth-order valence-corrected chi connectivity index (χ4v) is 2.23. The predicted octanol–water partition coefficient (Wildman–Crippen LogP) is 2.96. The van der Waals surface area contributed by atoms with Crippen molar-refractivity contribution in [1.29, 1.82) is 0 Å². The summed E-state index contributed by atoms with van der Waals surface area (Å²) in [5.74, 6) is -0.126. The van der Waals surface area contributed by atoms with E-state index in [0.717, 1.165) is 48.6 Å². The Morgan fingerprint density at radius 2 is 2.24 bits per heavy atom. The Balaban J connectivity index is 1.87. The number of hydrogen-bond acceptors (Lipinski definition) is 3. The zero-order chi connectivity index (χ0) is 15.2. The molecule has 21 heavy (non-hydrogen) atoms. The summed E-state index contributed by atoms with van der Waals surface area (Å²) in [6.45, 7) is 4.53. The number of carboxylic acid groups (broad SMARTS) is 1. The van der Waals surface area contributed by atoms with Crippen LogP contribution in [0.25, 0.3) is 6.08 Å². The minimum Gasteiger partial charge on any atom is -0.478 e. The average Bonchev–Trinajstić information content (AvgIpc) is 3.25. The summed E-state index contributed by atoms with van der Waals surface area (Å²) in [4.78, 5) is 12.7. The molecule has 0 atom stereocenters. The monoisotopic (exact) mass is 289 g/mol. The number of hydrogen-bond donors (Lipinski definition) is 1. The van der Waals surface area contributed by atoms with Gasteiger partial charge in [0, 0.05) is 32.0 Å². The van der Waals surface area contributed by atoms with E-state index in [4.69, 9.17) is 9.84 Å². The van der Waals surface area contributed by atoms with Crippen LogP contribution in [0.5, 0.6) is 0 Å². The number of carboxylic acids is 1. The lowest BCUT2D eigenvalue weighted by Gasteiger charge is -2.21. The molecule has 0 aromatic heterocycles. The van der Waals surface area contributed by atoms with Gasteiger partial charge in [-0.25, -0.2) is 4.79 Å². The van der Waals surface area contributed by atoms with E-state index in [1.54, 1.807) is 6.08 Å². The minimum absolute atomic E-state index is 0.743. The van der Waals surface area contributed by atoms with Crippen LogP contribution >= 0.6 is 0 Å². The van der Waals surface area contributed by atoms with E-state index in [1.807, 2.05) is 25.1 Å². The standard InChI is InChI=1S/C17H23NO3/c1-13-11-14(6-8-17(19)20)5-7-16(13)18(2)9-10-21-12-15-3-4-15/h5-8,11,15H,3-4,9-10,12H2,1-2H3,(H,19,20)/b8-6+. The molecule has 0 radical (unpaired) electrons. The number of aliphatic carboxylic acids is 1. The summed E-state index contributed by atoms with van der Waals surface area (Å²) in [5, 5.41) is 8.64. The van der Waals surface area contributed by atoms with E-state index in [-0.39, 0.29) is 0 Å². The summed E-state index contributed by atoms with van der Waals surface area (Å²) < 4.78 is 5.66. The molecule has 0 amide bonds. The van der Waals surface area contributed by atoms with Crippen LogP contribution in [-0.4, -0.2) is 37.9 Å². The number of anilines is 1. The molecule has 0 spiro atoms. The Kier molecular flexibility index (Phi) is 5.39. The Morgan fingerprint density at radius 3 is 2.86 bits per heavy atom. The molecule has 0 heterocycles. The smallest absolute Gasteiger partial charge is 0.328 e. The second-order valence-electron chi connectivity index (χ2n) is 5.66. The highest BCUT2D eigenvalue weighted by atomic mass is 16.5. The molecule has 1 aliphatic rings. The summed E-state index contributed by atoms with van der Waals surface area (Å²) in [6.07, 6.45) is 5.41. The van der Waals surface area contributed by atoms with Crippen molar-refractivity contribution in [3.63, 3.8) is 0 Å². The third kappa shape index (κ3) is 5.23. The van der Waals surface area contributed by atoms with Crippen LogP contribution < -0.4 is 4.90 Å². The maximum Gasteiger partial charge on any atom is 0.328 e. The van der Waals surface area contributed by atoms with Crippen LogP contribution in [0, 0.1) is 12.8 Å². The lowest BCUT2D eigenvalue weighted by Crippen LogP contribution is -2.23. The number of carbonyl (C=O) groups is 1. The molecule has 4 nitrogen and oxygen atoms in total. The first-order chi connectivity index (χ1) is 10.1. The first-order valence-corrected chi connectivity index (χ1v) is 7.37. The van der Waals surface area contributed by atoms with Gasteiger partial charge in [0.1, 0.15) is 0 Å². The van der Waals surface area contributed by atoms with Crippen molar-refractivity contribution in [1.82, 2.24) is 0 Å². The molecule has 2 rings (SSSR count). The Bertz CT molecular complexity index is 521. The predicted molar refractivity (Wildman–Crippen MR) is 84.7 cm³/mol. The molecule has 114 valence electrons. The van der Waals surface area contributed by atoms with Gasteiger partial charge < -0.3 is 14.7 Å². The number of benzene rings is 1. The highest BCUT2D eigenvalue weighted by molar-refractivity contribution is 5.85. The number of ether oxygens (including phenoxy) is 1. The molecule has 4 heteroatoms. The molecule has 1 saturated carbocycles. The molecule has 1 fully saturated rings. The van der Waals surface area contributed by atoms with E-state index in [9.17, 15) is 4.79 Å². The van der Waals surface area contributed by atoms with Gasteiger partial charge in [-0.2, -0.15) is 0 Å². The van der Waals surface area contributed by atoms with Crippen LogP contribution in [0.2, 0.25) is 0 Å². The molecule has 1 aromatic rings. The molecule has 0 bridgehead atoms. The number of nitrogens with zero attached hydrogens (tertiary/aromatic N) is 1. The second-order valence-corrected chi connectivity index (χ2v) is 5.66. The molecular weight excluding hydrogens is 266 g/mol. The quantitative estimate of drug-likeness (QED) is 0.590. The van der Waals surface area contributed by atoms with Crippen molar-refractivity contribution in [2.24, 2.45) is 5.92 Å². The van der Waals surface area contributed by atoms with Crippen molar-refractivity contribution < 1.29 is 14.6 Å². The Labute approximate surface area is 126 Å². The van der Waals surface area contributed by atoms with E-state index in [2.05, 4.69) is 11.9 Å². The Hall–Kier alpha value is -1.81. The number of rotatable bonds is 8. The maximum atomic E-state index is 10.5. The van der Waals surface area contributed by atoms with Gasteiger partial charge in [0.2, 0.25) is 0 Å². The summed E-state index contributed by atoms with van der Waals surface area (Å²) in [7, 11) is 2.05. The van der Waals surface area contributed by atoms with Crippen molar-refractivity contribution in [2.45, 2.75) is 19.8 Å². The topological polar surface area (TPSA) is 49.8 Å². The zero-order valence-electron chi connectivity index (χ0n) is 12.7. The average molecular weight is 289 g/mol. The van der Waals surface area contributed by atoms with E-state index < -0.39 is 5.97 Å². The highest BCUT2D eigenvalue weighted by Crippen LogP contribution is 2.28. The van der Waals surface area contributed by atoms with Crippen LogP contribution in [0.4, 0.5) is 5.69 Å². The van der Waals surface area contributed by atoms with E-state index in [1.165, 1.54) is 12.8 Å². The number of likely N-dealkylation sites (N-methyl/N-ethyl adjacent to an activating group) is 1. The summed E-state index contributed by atoms with van der Waals surface area (Å²) in [5.41, 5.74) is 3.18. The van der Waals surface area contributed by atoms with Crippen LogP contribution in [-0.2, 0) is 9.53 Å². The van der Waals surface area contributed by atoms with Gasteiger partial charge in [0.15, 0.2) is 0 Å². The Morgan fingerprint density at radius 1 is 1.48 bits per heavy atom. The van der Waals surface area contributed by atoms with Crippen LogP contribution in [0.15, 0.2) is 24.3 Å². The van der Waals surface area contributed by atoms with Gasteiger partial charge in [-0.3, -0.25) is 0 Å². The molecule has 0 aliphatic heterocycles. The van der Waals surface area contributed by atoms with Crippen molar-refractivity contribution in [3.8, 4) is 0 Å². The van der Waals surface area contributed by atoms with Gasteiger partial charge in [0.05, 0.1) is 6.61 Å². The highest BCUT2D eigenvalue weighted by Gasteiger charge is 2.21. The van der Waals surface area contributed by atoms with E-state index in [0.29, 0.717) is 0 Å². The zero-order valence-corrected chi connectivity index (χ0v) is 12.7. The largest absolute Gasteiger partial charge is 0.478 e. The minimum atomic E-state index is -0.929. The summed E-state index contributed by atoms with van der Waals surface area (Å²) >= 11 is 0.